The van der Waals surface area contributed by atoms with Crippen molar-refractivity contribution in [3.63, 3.8) is 0 Å². The van der Waals surface area contributed by atoms with E-state index in [2.05, 4.69) is 18.7 Å². The van der Waals surface area contributed by atoms with Crippen molar-refractivity contribution in [2.75, 3.05) is 6.61 Å². The number of benzene rings is 1. The van der Waals surface area contributed by atoms with Crippen LogP contribution in [0.5, 0.6) is 0 Å². The molecule has 3 heterocycles. The molecule has 0 radical (unpaired) electrons. The topological polar surface area (TPSA) is 55.4 Å². The molecule has 0 N–H and O–H groups in total. The molecule has 0 bridgehead atoms. The van der Waals surface area contributed by atoms with Crippen molar-refractivity contribution < 1.29 is 28.4 Å². The summed E-state index contributed by atoms with van der Waals surface area (Å²) in [6.45, 7) is 12.4. The van der Waals surface area contributed by atoms with E-state index in [4.69, 9.17) is 28.4 Å². The van der Waals surface area contributed by atoms with Gasteiger partial charge in [0.25, 0.3) is 0 Å². The Hall–Kier alpha value is -1.28. The van der Waals surface area contributed by atoms with E-state index in [1.54, 1.807) is 0 Å². The van der Waals surface area contributed by atoms with E-state index in [1.165, 1.54) is 0 Å². The molecule has 0 spiro atoms. The molecule has 0 aromatic heterocycles. The molecule has 6 heteroatoms. The highest BCUT2D eigenvalue weighted by molar-refractivity contribution is 5.15. The first-order chi connectivity index (χ1) is 13.7. The number of fused-ring (bicyclic) bond motifs is 1. The lowest BCUT2D eigenvalue weighted by Crippen LogP contribution is -2.55. The second-order valence-corrected chi connectivity index (χ2v) is 8.90. The molecule has 1 aromatic carbocycles. The smallest absolute Gasteiger partial charge is 0.190 e. The summed E-state index contributed by atoms with van der Waals surface area (Å²) >= 11 is 0. The molecule has 3 aliphatic rings. The second-order valence-electron chi connectivity index (χ2n) is 8.90. The van der Waals surface area contributed by atoms with Gasteiger partial charge >= 0.3 is 0 Å². The normalized spacial score (nSPS) is 37.5. The van der Waals surface area contributed by atoms with Gasteiger partial charge in [0.2, 0.25) is 0 Å². The van der Waals surface area contributed by atoms with Crippen LogP contribution in [0.1, 0.15) is 46.1 Å². The minimum atomic E-state index is -0.739. The van der Waals surface area contributed by atoms with Crippen molar-refractivity contribution in [1.82, 2.24) is 0 Å². The number of allylic oxidation sites excluding steroid dienone is 1. The molecule has 4 rings (SSSR count). The van der Waals surface area contributed by atoms with E-state index < -0.39 is 23.5 Å². The summed E-state index contributed by atoms with van der Waals surface area (Å²) < 4.78 is 37.4. The Balaban J connectivity index is 1.65. The number of rotatable bonds is 7. The molecule has 3 fully saturated rings. The lowest BCUT2D eigenvalue weighted by Gasteiger charge is -2.40. The van der Waals surface area contributed by atoms with Crippen LogP contribution in [0.2, 0.25) is 0 Å². The van der Waals surface area contributed by atoms with Crippen molar-refractivity contribution in [3.05, 3.63) is 48.6 Å². The van der Waals surface area contributed by atoms with E-state index in [0.717, 1.165) is 12.0 Å². The molecule has 6 nitrogen and oxygen atoms in total. The summed E-state index contributed by atoms with van der Waals surface area (Å²) in [4.78, 5) is 0. The Labute approximate surface area is 173 Å². The fraction of sp³-hybridized carbons (Fsp3) is 0.652. The SMILES string of the molecule is C=CCC[C@]1(OCc2ccccc2)[C@@H]([C@H]2COC(C)(C)O2)O[C@@H]2OC(C)(C)O[C@@H]21. The van der Waals surface area contributed by atoms with Crippen LogP contribution in [-0.2, 0) is 35.0 Å². The molecule has 1 aromatic rings. The Morgan fingerprint density at radius 3 is 2.45 bits per heavy atom. The standard InChI is InChI=1S/C23H32O6/c1-6-7-13-23(25-14-16-11-9-8-10-12-16)18(17-15-24-21(2,3)27-17)26-20-19(23)28-22(4,5)29-20/h6,8-12,17-20H,1,7,13-15H2,2-5H3/t17-,18-,19+,20-,23+/m1/s1. The Bertz CT molecular complexity index is 717. The van der Waals surface area contributed by atoms with E-state index in [1.807, 2.05) is 52.0 Å². The number of ether oxygens (including phenoxy) is 6. The van der Waals surface area contributed by atoms with E-state index >= 15 is 0 Å². The summed E-state index contributed by atoms with van der Waals surface area (Å²) in [5.74, 6) is -1.39. The van der Waals surface area contributed by atoms with Crippen molar-refractivity contribution in [3.8, 4) is 0 Å². The fourth-order valence-corrected chi connectivity index (χ4v) is 4.49. The van der Waals surface area contributed by atoms with E-state index in [-0.39, 0.29) is 18.3 Å². The first-order valence-electron chi connectivity index (χ1n) is 10.4. The van der Waals surface area contributed by atoms with E-state index in [0.29, 0.717) is 19.6 Å². The third kappa shape index (κ3) is 4.15. The van der Waals surface area contributed by atoms with Gasteiger partial charge in [-0.25, -0.2) is 0 Å². The highest BCUT2D eigenvalue weighted by Gasteiger charge is 2.67. The van der Waals surface area contributed by atoms with Gasteiger partial charge in [-0.1, -0.05) is 36.4 Å². The van der Waals surface area contributed by atoms with Crippen molar-refractivity contribution >= 4 is 0 Å². The maximum Gasteiger partial charge on any atom is 0.190 e. The minimum absolute atomic E-state index is 0.272. The fourth-order valence-electron chi connectivity index (χ4n) is 4.49. The monoisotopic (exact) mass is 404 g/mol. The molecule has 29 heavy (non-hydrogen) atoms. The van der Waals surface area contributed by atoms with Gasteiger partial charge in [-0.3, -0.25) is 0 Å². The maximum absolute atomic E-state index is 6.67. The van der Waals surface area contributed by atoms with Crippen molar-refractivity contribution in [1.29, 1.82) is 0 Å². The summed E-state index contributed by atoms with van der Waals surface area (Å²) in [5, 5.41) is 0. The predicted octanol–water partition coefficient (Wildman–Crippen LogP) is 3.94. The molecule has 0 saturated carbocycles. The largest absolute Gasteiger partial charge is 0.365 e. The maximum atomic E-state index is 6.67. The number of hydrogen-bond donors (Lipinski definition) is 0. The average molecular weight is 405 g/mol. The lowest BCUT2D eigenvalue weighted by atomic mass is 9.84. The van der Waals surface area contributed by atoms with Crippen LogP contribution in [0.15, 0.2) is 43.0 Å². The Morgan fingerprint density at radius 1 is 1.03 bits per heavy atom. The van der Waals surface area contributed by atoms with Crippen LogP contribution in [0.3, 0.4) is 0 Å². The van der Waals surface area contributed by atoms with Crippen LogP contribution in [0.25, 0.3) is 0 Å². The molecule has 0 aliphatic carbocycles. The lowest BCUT2D eigenvalue weighted by molar-refractivity contribution is -0.258. The van der Waals surface area contributed by atoms with Gasteiger partial charge in [-0.15, -0.1) is 6.58 Å². The molecule has 3 aliphatic heterocycles. The summed E-state index contributed by atoms with van der Waals surface area (Å²) in [7, 11) is 0. The number of hydrogen-bond acceptors (Lipinski definition) is 6. The average Bonchev–Trinajstić information content (AvgIpc) is 3.28. The molecule has 3 saturated heterocycles. The van der Waals surface area contributed by atoms with Crippen molar-refractivity contribution in [2.45, 2.75) is 88.9 Å². The summed E-state index contributed by atoms with van der Waals surface area (Å²) in [6.07, 6.45) is 1.83. The van der Waals surface area contributed by atoms with E-state index in [9.17, 15) is 0 Å². The zero-order valence-corrected chi connectivity index (χ0v) is 17.8. The Kier molecular flexibility index (Phi) is 5.61. The van der Waals surface area contributed by atoms with Crippen LogP contribution in [0.4, 0.5) is 0 Å². The van der Waals surface area contributed by atoms with Crippen LogP contribution >= 0.6 is 0 Å². The van der Waals surface area contributed by atoms with Gasteiger partial charge in [0.15, 0.2) is 17.9 Å². The first kappa shape index (κ1) is 21.0. The summed E-state index contributed by atoms with van der Waals surface area (Å²) in [5.41, 5.74) is 0.353. The Morgan fingerprint density at radius 2 is 1.79 bits per heavy atom. The van der Waals surface area contributed by atoms with Crippen molar-refractivity contribution in [2.24, 2.45) is 0 Å². The van der Waals surface area contributed by atoms with Gasteiger partial charge in [-0.05, 0) is 46.1 Å². The van der Waals surface area contributed by atoms with Gasteiger partial charge < -0.3 is 28.4 Å². The second kappa shape index (κ2) is 7.76. The highest BCUT2D eigenvalue weighted by Crippen LogP contribution is 2.50. The molecule has 160 valence electrons. The third-order valence-corrected chi connectivity index (χ3v) is 5.76. The first-order valence-corrected chi connectivity index (χ1v) is 10.4. The predicted molar refractivity (Wildman–Crippen MR) is 107 cm³/mol. The molecular formula is C23H32O6. The summed E-state index contributed by atoms with van der Waals surface area (Å²) in [6, 6.07) is 10.1. The highest BCUT2D eigenvalue weighted by atomic mass is 16.9. The molecule has 5 atom stereocenters. The molecule has 0 amide bonds. The van der Waals surface area contributed by atoms with Crippen LogP contribution < -0.4 is 0 Å². The van der Waals surface area contributed by atoms with Gasteiger partial charge in [0.05, 0.1) is 13.2 Å². The van der Waals surface area contributed by atoms with Gasteiger partial charge in [0.1, 0.15) is 23.9 Å². The quantitative estimate of drug-likeness (QED) is 0.642. The minimum Gasteiger partial charge on any atom is -0.365 e. The van der Waals surface area contributed by atoms with Gasteiger partial charge in [0, 0.05) is 0 Å². The third-order valence-electron chi connectivity index (χ3n) is 5.76. The van der Waals surface area contributed by atoms with Crippen LogP contribution in [0, 0.1) is 0 Å². The van der Waals surface area contributed by atoms with Gasteiger partial charge in [-0.2, -0.15) is 0 Å². The molecule has 0 unspecified atom stereocenters. The zero-order chi connectivity index (χ0) is 20.7. The molecular weight excluding hydrogens is 372 g/mol. The zero-order valence-electron chi connectivity index (χ0n) is 17.8. The van der Waals surface area contributed by atoms with Crippen LogP contribution in [-0.4, -0.2) is 48.4 Å².